The van der Waals surface area contributed by atoms with E-state index in [2.05, 4.69) is 79.3 Å². The molecule has 134 valence electrons. The molecule has 3 aromatic rings. The molecule has 0 fully saturated rings. The van der Waals surface area contributed by atoms with Crippen molar-refractivity contribution >= 4 is 37.6 Å². The largest absolute Gasteiger partial charge is 0.463 e. The third-order valence-corrected chi connectivity index (χ3v) is 6.05. The quantitative estimate of drug-likeness (QED) is 0.418. The van der Waals surface area contributed by atoms with E-state index in [1.807, 2.05) is 30.3 Å². The van der Waals surface area contributed by atoms with Gasteiger partial charge >= 0.3 is 0 Å². The number of fused-ring (bicyclic) bond motifs is 3. The van der Waals surface area contributed by atoms with E-state index >= 15 is 0 Å². The van der Waals surface area contributed by atoms with E-state index < -0.39 is 0 Å². The minimum Gasteiger partial charge on any atom is -0.463 e. The Kier molecular flexibility index (Phi) is 4.29. The van der Waals surface area contributed by atoms with E-state index in [0.717, 1.165) is 43.5 Å². The average Bonchev–Trinajstić information content (AvgIpc) is 3.15. The number of ether oxygens (including phenoxy) is 1. The Labute approximate surface area is 174 Å². The molecule has 0 spiro atoms. The summed E-state index contributed by atoms with van der Waals surface area (Å²) in [7, 11) is 0. The molecule has 27 heavy (non-hydrogen) atoms. The maximum atomic E-state index is 6.45. The first-order chi connectivity index (χ1) is 13.2. The number of hydrazone groups is 1. The van der Waals surface area contributed by atoms with Gasteiger partial charge in [0.15, 0.2) is 0 Å². The number of rotatable bonds is 2. The van der Waals surface area contributed by atoms with Gasteiger partial charge in [0.1, 0.15) is 5.75 Å². The van der Waals surface area contributed by atoms with Gasteiger partial charge in [-0.2, -0.15) is 5.10 Å². The summed E-state index contributed by atoms with van der Waals surface area (Å²) < 4.78 is 8.44. The van der Waals surface area contributed by atoms with Crippen molar-refractivity contribution in [3.8, 4) is 5.75 Å². The van der Waals surface area contributed by atoms with Gasteiger partial charge in [0.2, 0.25) is 6.23 Å². The highest BCUT2D eigenvalue weighted by Crippen LogP contribution is 2.50. The lowest BCUT2D eigenvalue weighted by atomic mass is 9.96. The fraction of sp³-hybridized carbons (Fsp3) is 0.136. The van der Waals surface area contributed by atoms with E-state index in [1.165, 1.54) is 0 Å². The van der Waals surface area contributed by atoms with E-state index in [-0.39, 0.29) is 12.3 Å². The van der Waals surface area contributed by atoms with Gasteiger partial charge in [0.25, 0.3) is 0 Å². The predicted molar refractivity (Wildman–Crippen MR) is 114 cm³/mol. The first-order valence-electron chi connectivity index (χ1n) is 8.82. The Hall–Kier alpha value is -2.11. The maximum absolute atomic E-state index is 6.45. The van der Waals surface area contributed by atoms with Crippen molar-refractivity contribution in [1.82, 2.24) is 5.01 Å². The molecule has 5 heteroatoms. The molecule has 2 heterocycles. The Bertz CT molecular complexity index is 1020. The van der Waals surface area contributed by atoms with Crippen molar-refractivity contribution in [3.05, 3.63) is 98.4 Å². The number of nitrogens with zero attached hydrogens (tertiary/aromatic N) is 2. The topological polar surface area (TPSA) is 24.8 Å². The highest BCUT2D eigenvalue weighted by molar-refractivity contribution is 9.11. The Balaban J connectivity index is 1.64. The van der Waals surface area contributed by atoms with Gasteiger partial charge < -0.3 is 4.74 Å². The lowest BCUT2D eigenvalue weighted by Crippen LogP contribution is -2.33. The minimum absolute atomic E-state index is 0.142. The third-order valence-electron chi connectivity index (χ3n) is 5.00. The Morgan fingerprint density at radius 3 is 2.37 bits per heavy atom. The second-order valence-electron chi connectivity index (χ2n) is 6.70. The monoisotopic (exact) mass is 482 g/mol. The summed E-state index contributed by atoms with van der Waals surface area (Å²) in [5, 5.41) is 7.10. The van der Waals surface area contributed by atoms with Gasteiger partial charge in [-0.3, -0.25) is 0 Å². The lowest BCUT2D eigenvalue weighted by Gasteiger charge is -2.38. The van der Waals surface area contributed by atoms with Crippen LogP contribution < -0.4 is 4.74 Å². The van der Waals surface area contributed by atoms with Crippen molar-refractivity contribution < 1.29 is 4.74 Å². The normalized spacial score (nSPS) is 20.5. The molecule has 0 N–H and O–H groups in total. The third kappa shape index (κ3) is 2.99. The van der Waals surface area contributed by atoms with Crippen LogP contribution in [-0.4, -0.2) is 10.7 Å². The molecule has 0 saturated heterocycles. The van der Waals surface area contributed by atoms with Crippen LogP contribution >= 0.6 is 31.9 Å². The van der Waals surface area contributed by atoms with Crippen LogP contribution in [0.5, 0.6) is 5.75 Å². The van der Waals surface area contributed by atoms with Crippen LogP contribution in [0.1, 0.15) is 35.4 Å². The van der Waals surface area contributed by atoms with Gasteiger partial charge in [-0.25, -0.2) is 5.01 Å². The zero-order valence-electron chi connectivity index (χ0n) is 14.3. The standard InChI is InChI=1S/C22H16Br2N2O/c23-16-11-17-20-13-19(14-7-3-1-4-8-14)25-26(20)22(15-9-5-2-6-10-15)27-21(17)18(24)12-16/h1-12,20,22H,13H2/t20-,22-/m1/s1. The number of halogens is 2. The summed E-state index contributed by atoms with van der Waals surface area (Å²) >= 11 is 7.30. The summed E-state index contributed by atoms with van der Waals surface area (Å²) in [6.07, 6.45) is 0.606. The summed E-state index contributed by atoms with van der Waals surface area (Å²) in [5.74, 6) is 0.901. The van der Waals surface area contributed by atoms with E-state index in [4.69, 9.17) is 9.84 Å². The molecule has 0 amide bonds. The van der Waals surface area contributed by atoms with Gasteiger partial charge in [0, 0.05) is 22.0 Å². The highest BCUT2D eigenvalue weighted by Gasteiger charge is 2.41. The van der Waals surface area contributed by atoms with Crippen LogP contribution in [0.15, 0.2) is 86.8 Å². The van der Waals surface area contributed by atoms with Gasteiger partial charge in [-0.1, -0.05) is 76.6 Å². The van der Waals surface area contributed by atoms with Crippen LogP contribution in [0.25, 0.3) is 0 Å². The molecule has 3 aromatic carbocycles. The van der Waals surface area contributed by atoms with Crippen LogP contribution in [0.2, 0.25) is 0 Å². The fourth-order valence-electron chi connectivity index (χ4n) is 3.76. The molecule has 2 aliphatic heterocycles. The summed E-state index contributed by atoms with van der Waals surface area (Å²) in [6.45, 7) is 0. The first kappa shape index (κ1) is 17.0. The summed E-state index contributed by atoms with van der Waals surface area (Å²) in [6, 6.07) is 25.0. The van der Waals surface area contributed by atoms with Crippen LogP contribution in [-0.2, 0) is 0 Å². The number of hydrogen-bond donors (Lipinski definition) is 0. The number of benzene rings is 3. The zero-order valence-corrected chi connectivity index (χ0v) is 17.5. The molecule has 3 nitrogen and oxygen atoms in total. The van der Waals surface area contributed by atoms with Gasteiger partial charge in [-0.15, -0.1) is 0 Å². The molecule has 2 aliphatic rings. The van der Waals surface area contributed by atoms with Crippen molar-refractivity contribution in [1.29, 1.82) is 0 Å². The van der Waals surface area contributed by atoms with E-state index in [1.54, 1.807) is 0 Å². The van der Waals surface area contributed by atoms with Gasteiger partial charge in [0.05, 0.1) is 16.2 Å². The van der Waals surface area contributed by atoms with E-state index in [0.29, 0.717) is 0 Å². The van der Waals surface area contributed by atoms with E-state index in [9.17, 15) is 0 Å². The van der Waals surface area contributed by atoms with Crippen LogP contribution in [0.3, 0.4) is 0 Å². The molecule has 0 aromatic heterocycles. The summed E-state index contributed by atoms with van der Waals surface area (Å²) in [5.41, 5.74) is 4.50. The lowest BCUT2D eigenvalue weighted by molar-refractivity contribution is -0.0197. The second-order valence-corrected chi connectivity index (χ2v) is 8.47. The maximum Gasteiger partial charge on any atom is 0.213 e. The Morgan fingerprint density at radius 2 is 1.63 bits per heavy atom. The van der Waals surface area contributed by atoms with Gasteiger partial charge in [-0.05, 0) is 33.6 Å². The molecule has 5 rings (SSSR count). The first-order valence-corrected chi connectivity index (χ1v) is 10.4. The molecular weight excluding hydrogens is 468 g/mol. The molecule has 0 unspecified atom stereocenters. The molecule has 0 aliphatic carbocycles. The molecule has 0 saturated carbocycles. The van der Waals surface area contributed by atoms with Crippen LogP contribution in [0.4, 0.5) is 0 Å². The Morgan fingerprint density at radius 1 is 0.926 bits per heavy atom. The van der Waals surface area contributed by atoms with Crippen molar-refractivity contribution in [3.63, 3.8) is 0 Å². The zero-order chi connectivity index (χ0) is 18.4. The summed E-state index contributed by atoms with van der Waals surface area (Å²) in [4.78, 5) is 0. The molecular formula is C22H16Br2N2O. The SMILES string of the molecule is Brc1cc(Br)c2c(c1)[C@H]1CC(c3ccccc3)=NN1[C@@H](c1ccccc1)O2. The number of hydrogen-bond acceptors (Lipinski definition) is 3. The molecule has 2 atom stereocenters. The van der Waals surface area contributed by atoms with Crippen molar-refractivity contribution in [2.45, 2.75) is 18.7 Å². The van der Waals surface area contributed by atoms with Crippen LogP contribution in [0, 0.1) is 0 Å². The predicted octanol–water partition coefficient (Wildman–Crippen LogP) is 6.45. The highest BCUT2D eigenvalue weighted by atomic mass is 79.9. The smallest absolute Gasteiger partial charge is 0.213 e. The average molecular weight is 484 g/mol. The van der Waals surface area contributed by atoms with Crippen molar-refractivity contribution in [2.24, 2.45) is 5.10 Å². The van der Waals surface area contributed by atoms with Crippen molar-refractivity contribution in [2.75, 3.05) is 0 Å². The molecule has 0 bridgehead atoms. The fourth-order valence-corrected chi connectivity index (χ4v) is 5.11. The minimum atomic E-state index is -0.248. The second kappa shape index (κ2) is 6.80. The molecule has 0 radical (unpaired) electrons.